The van der Waals surface area contributed by atoms with E-state index >= 15 is 0 Å². The summed E-state index contributed by atoms with van der Waals surface area (Å²) in [6, 6.07) is 1.51. The van der Waals surface area contributed by atoms with E-state index in [2.05, 4.69) is 19.7 Å². The molecule has 2 rings (SSSR count). The van der Waals surface area contributed by atoms with Crippen LogP contribution in [0.5, 0.6) is 0 Å². The van der Waals surface area contributed by atoms with Crippen LogP contribution in [0.1, 0.15) is 5.69 Å². The summed E-state index contributed by atoms with van der Waals surface area (Å²) in [7, 11) is -3.39. The highest BCUT2D eigenvalue weighted by molar-refractivity contribution is 7.89. The summed E-state index contributed by atoms with van der Waals surface area (Å²) in [5, 5.41) is 0. The second-order valence-corrected chi connectivity index (χ2v) is 5.04. The summed E-state index contributed by atoms with van der Waals surface area (Å²) in [6.07, 6.45) is 6.84. The van der Waals surface area contributed by atoms with Gasteiger partial charge in [0.05, 0.1) is 11.2 Å². The lowest BCUT2D eigenvalue weighted by Crippen LogP contribution is -2.25. The first-order chi connectivity index (χ1) is 7.68. The molecule has 2 heterocycles. The van der Waals surface area contributed by atoms with Crippen LogP contribution in [-0.4, -0.2) is 29.9 Å². The fourth-order valence-corrected chi connectivity index (χ4v) is 2.31. The molecular weight excluding hydrogens is 228 g/mol. The van der Waals surface area contributed by atoms with Gasteiger partial charge in [-0.3, -0.25) is 0 Å². The van der Waals surface area contributed by atoms with Crippen LogP contribution in [0.3, 0.4) is 0 Å². The Kier molecular flexibility index (Phi) is 3.07. The summed E-state index contributed by atoms with van der Waals surface area (Å²) in [6.45, 7) is 0.343. The van der Waals surface area contributed by atoms with Crippen LogP contribution in [0, 0.1) is 0 Å². The maximum Gasteiger partial charge on any atom is 0.242 e. The first kappa shape index (κ1) is 10.9. The number of aromatic amines is 2. The molecule has 0 aliphatic heterocycles. The second kappa shape index (κ2) is 4.50. The maximum absolute atomic E-state index is 11.7. The van der Waals surface area contributed by atoms with Crippen molar-refractivity contribution in [1.29, 1.82) is 0 Å². The van der Waals surface area contributed by atoms with Crippen molar-refractivity contribution in [2.24, 2.45) is 0 Å². The number of H-pyrrole nitrogens is 2. The van der Waals surface area contributed by atoms with Crippen molar-refractivity contribution in [3.05, 3.63) is 36.7 Å². The van der Waals surface area contributed by atoms with Crippen LogP contribution in [0.4, 0.5) is 0 Å². The summed E-state index contributed by atoms with van der Waals surface area (Å²) < 4.78 is 25.8. The zero-order valence-electron chi connectivity index (χ0n) is 8.47. The molecule has 6 nitrogen and oxygen atoms in total. The quantitative estimate of drug-likeness (QED) is 0.700. The van der Waals surface area contributed by atoms with Gasteiger partial charge in [-0.15, -0.1) is 0 Å². The molecule has 2 aromatic heterocycles. The minimum absolute atomic E-state index is 0.247. The first-order valence-electron chi connectivity index (χ1n) is 4.78. The SMILES string of the molecule is O=S(=O)(NCCc1cnc[nH]1)c1cc[nH]c1. The second-order valence-electron chi connectivity index (χ2n) is 3.27. The average molecular weight is 240 g/mol. The van der Waals surface area contributed by atoms with Gasteiger partial charge in [-0.1, -0.05) is 0 Å². The number of nitrogens with zero attached hydrogens (tertiary/aromatic N) is 1. The Morgan fingerprint density at radius 3 is 2.94 bits per heavy atom. The number of imidazole rings is 1. The monoisotopic (exact) mass is 240 g/mol. The molecule has 0 aromatic carbocycles. The highest BCUT2D eigenvalue weighted by Crippen LogP contribution is 2.05. The van der Waals surface area contributed by atoms with Gasteiger partial charge in [-0.25, -0.2) is 18.1 Å². The van der Waals surface area contributed by atoms with E-state index in [1.165, 1.54) is 12.3 Å². The van der Waals surface area contributed by atoms with E-state index in [-0.39, 0.29) is 4.90 Å². The minimum atomic E-state index is -3.39. The Morgan fingerprint density at radius 2 is 2.31 bits per heavy atom. The van der Waals surface area contributed by atoms with Crippen molar-refractivity contribution in [1.82, 2.24) is 19.7 Å². The van der Waals surface area contributed by atoms with E-state index in [1.54, 1.807) is 18.7 Å². The molecule has 0 aliphatic rings. The molecule has 0 amide bonds. The number of sulfonamides is 1. The number of hydrogen-bond donors (Lipinski definition) is 3. The molecule has 0 radical (unpaired) electrons. The Morgan fingerprint density at radius 1 is 1.44 bits per heavy atom. The largest absolute Gasteiger partial charge is 0.366 e. The molecule has 0 unspecified atom stereocenters. The molecule has 0 spiro atoms. The predicted molar refractivity (Wildman–Crippen MR) is 58.3 cm³/mol. The van der Waals surface area contributed by atoms with E-state index < -0.39 is 10.0 Å². The van der Waals surface area contributed by atoms with Crippen molar-refractivity contribution < 1.29 is 8.42 Å². The summed E-state index contributed by atoms with van der Waals surface area (Å²) in [4.78, 5) is 9.71. The molecule has 2 aromatic rings. The van der Waals surface area contributed by atoms with Crippen LogP contribution in [0.15, 0.2) is 35.9 Å². The number of aromatic nitrogens is 3. The van der Waals surface area contributed by atoms with Crippen molar-refractivity contribution in [3.63, 3.8) is 0 Å². The van der Waals surface area contributed by atoms with Gasteiger partial charge in [0.15, 0.2) is 0 Å². The van der Waals surface area contributed by atoms with Gasteiger partial charge in [0.2, 0.25) is 10.0 Å². The van der Waals surface area contributed by atoms with E-state index in [0.717, 1.165) is 5.69 Å². The van der Waals surface area contributed by atoms with Gasteiger partial charge >= 0.3 is 0 Å². The fourth-order valence-electron chi connectivity index (χ4n) is 1.30. The minimum Gasteiger partial charge on any atom is -0.366 e. The fraction of sp³-hybridized carbons (Fsp3) is 0.222. The van der Waals surface area contributed by atoms with Crippen molar-refractivity contribution in [2.45, 2.75) is 11.3 Å². The van der Waals surface area contributed by atoms with Gasteiger partial charge in [0, 0.05) is 37.3 Å². The molecule has 0 saturated carbocycles. The van der Waals surface area contributed by atoms with Crippen LogP contribution >= 0.6 is 0 Å². The van der Waals surface area contributed by atoms with Crippen LogP contribution in [0.2, 0.25) is 0 Å². The lowest BCUT2D eigenvalue weighted by atomic mass is 10.3. The average Bonchev–Trinajstić information content (AvgIpc) is 2.90. The molecule has 16 heavy (non-hydrogen) atoms. The molecule has 0 saturated heterocycles. The predicted octanol–water partition coefficient (Wildman–Crippen LogP) is 0.259. The number of nitrogens with one attached hydrogen (secondary N) is 3. The Bertz CT molecular complexity index is 516. The highest BCUT2D eigenvalue weighted by atomic mass is 32.2. The van der Waals surface area contributed by atoms with Crippen LogP contribution < -0.4 is 4.72 Å². The third kappa shape index (κ3) is 2.50. The van der Waals surface area contributed by atoms with Gasteiger partial charge in [-0.2, -0.15) is 0 Å². The highest BCUT2D eigenvalue weighted by Gasteiger charge is 2.13. The number of rotatable bonds is 5. The standard InChI is InChI=1S/C9H12N4O2S/c14-16(15,9-2-3-10-6-9)13-4-1-8-5-11-7-12-8/h2-3,5-7,10,13H,1,4H2,(H,11,12). The lowest BCUT2D eigenvalue weighted by molar-refractivity contribution is 0.581. The molecule has 0 bridgehead atoms. The lowest BCUT2D eigenvalue weighted by Gasteiger charge is -2.03. The Hall–Kier alpha value is -1.60. The van der Waals surface area contributed by atoms with Crippen molar-refractivity contribution in [3.8, 4) is 0 Å². The van der Waals surface area contributed by atoms with Crippen molar-refractivity contribution in [2.75, 3.05) is 6.54 Å². The maximum atomic E-state index is 11.7. The molecule has 3 N–H and O–H groups in total. The van der Waals surface area contributed by atoms with Crippen LogP contribution in [0.25, 0.3) is 0 Å². The first-order valence-corrected chi connectivity index (χ1v) is 6.26. The van der Waals surface area contributed by atoms with Gasteiger partial charge < -0.3 is 9.97 Å². The van der Waals surface area contributed by atoms with E-state index in [9.17, 15) is 8.42 Å². The molecule has 0 fully saturated rings. The summed E-state index contributed by atoms with van der Waals surface area (Å²) in [5.74, 6) is 0. The smallest absolute Gasteiger partial charge is 0.242 e. The third-order valence-corrected chi connectivity index (χ3v) is 3.58. The molecule has 86 valence electrons. The molecule has 0 atom stereocenters. The normalized spacial score (nSPS) is 11.8. The topological polar surface area (TPSA) is 90.6 Å². The van der Waals surface area contributed by atoms with Gasteiger partial charge in [0.1, 0.15) is 0 Å². The van der Waals surface area contributed by atoms with E-state index in [4.69, 9.17) is 0 Å². The molecular formula is C9H12N4O2S. The Balaban J connectivity index is 1.91. The Labute approximate surface area is 93.2 Å². The van der Waals surface area contributed by atoms with Crippen molar-refractivity contribution >= 4 is 10.0 Å². The zero-order chi connectivity index (χ0) is 11.4. The van der Waals surface area contributed by atoms with E-state index in [0.29, 0.717) is 13.0 Å². The third-order valence-electron chi connectivity index (χ3n) is 2.12. The zero-order valence-corrected chi connectivity index (χ0v) is 9.29. The van der Waals surface area contributed by atoms with Gasteiger partial charge in [0.25, 0.3) is 0 Å². The van der Waals surface area contributed by atoms with Gasteiger partial charge in [-0.05, 0) is 6.07 Å². The summed E-state index contributed by atoms with van der Waals surface area (Å²) in [5.41, 5.74) is 0.900. The number of hydrogen-bond acceptors (Lipinski definition) is 3. The summed E-state index contributed by atoms with van der Waals surface area (Å²) >= 11 is 0. The molecule has 0 aliphatic carbocycles. The van der Waals surface area contributed by atoms with E-state index in [1.807, 2.05) is 0 Å². The van der Waals surface area contributed by atoms with Crippen LogP contribution in [-0.2, 0) is 16.4 Å². The molecule has 7 heteroatoms.